The number of rotatable bonds is 2. The van der Waals surface area contributed by atoms with E-state index in [1.807, 2.05) is 13.0 Å². The van der Waals surface area contributed by atoms with Gasteiger partial charge in [-0.25, -0.2) is 4.79 Å². The maximum absolute atomic E-state index is 12.0. The molecule has 0 saturated heterocycles. The highest BCUT2D eigenvalue weighted by Gasteiger charge is 2.24. The number of methoxy groups -OCH3 is 1. The van der Waals surface area contributed by atoms with Gasteiger partial charge < -0.3 is 15.0 Å². The number of anilines is 1. The number of nitriles is 1. The molecule has 1 aromatic heterocycles. The van der Waals surface area contributed by atoms with Gasteiger partial charge >= 0.3 is 5.97 Å². The maximum atomic E-state index is 12.0. The van der Waals surface area contributed by atoms with Crippen LogP contribution in [0, 0.1) is 18.3 Å². The van der Waals surface area contributed by atoms with E-state index < -0.39 is 5.97 Å². The molecule has 1 heterocycles. The molecule has 0 spiro atoms. The van der Waals surface area contributed by atoms with Crippen molar-refractivity contribution in [2.24, 2.45) is 0 Å². The van der Waals surface area contributed by atoms with Crippen molar-refractivity contribution in [2.75, 3.05) is 12.8 Å². The third-order valence-corrected chi connectivity index (χ3v) is 4.15. The first-order valence-corrected chi connectivity index (χ1v) is 7.03. The summed E-state index contributed by atoms with van der Waals surface area (Å²) in [7, 11) is 1.25. The van der Waals surface area contributed by atoms with Gasteiger partial charge in [-0.1, -0.05) is 11.6 Å². The third kappa shape index (κ3) is 2.50. The summed E-state index contributed by atoms with van der Waals surface area (Å²) >= 11 is 9.56. The van der Waals surface area contributed by atoms with E-state index in [9.17, 15) is 4.79 Å². The number of carbonyl (C=O) groups excluding carboxylic acids is 1. The standard InChI is InChI=1S/C14H11BrClN3O2/c1-7-10(16)4-3-9(15)12(7)19-6-8(5-17)11(18)13(19)14(20)21-2/h3-4,6H,18H2,1-2H3. The summed E-state index contributed by atoms with van der Waals surface area (Å²) in [5.41, 5.74) is 7.63. The SMILES string of the molecule is COC(=O)c1c(N)c(C#N)cn1-c1c(Br)ccc(Cl)c1C. The Hall–Kier alpha value is -1.97. The molecule has 0 bridgehead atoms. The maximum Gasteiger partial charge on any atom is 0.357 e. The lowest BCUT2D eigenvalue weighted by molar-refractivity contribution is 0.0593. The van der Waals surface area contributed by atoms with Crippen molar-refractivity contribution in [1.29, 1.82) is 5.26 Å². The summed E-state index contributed by atoms with van der Waals surface area (Å²) in [5.74, 6) is -0.625. The van der Waals surface area contributed by atoms with Gasteiger partial charge in [-0.15, -0.1) is 0 Å². The zero-order chi connectivity index (χ0) is 15.7. The van der Waals surface area contributed by atoms with Gasteiger partial charge in [0.2, 0.25) is 0 Å². The van der Waals surface area contributed by atoms with Gasteiger partial charge in [-0.2, -0.15) is 5.26 Å². The van der Waals surface area contributed by atoms with Crippen LogP contribution < -0.4 is 5.73 Å². The van der Waals surface area contributed by atoms with E-state index in [0.717, 1.165) is 5.56 Å². The smallest absolute Gasteiger partial charge is 0.357 e. The van der Waals surface area contributed by atoms with Crippen molar-refractivity contribution in [3.63, 3.8) is 0 Å². The van der Waals surface area contributed by atoms with E-state index in [1.165, 1.54) is 17.9 Å². The molecule has 2 N–H and O–H groups in total. The predicted octanol–water partition coefficient (Wildman–Crippen LogP) is 3.44. The zero-order valence-electron chi connectivity index (χ0n) is 11.3. The molecule has 0 aliphatic heterocycles. The number of hydrogen-bond acceptors (Lipinski definition) is 4. The fraction of sp³-hybridized carbons (Fsp3) is 0.143. The lowest BCUT2D eigenvalue weighted by Gasteiger charge is -2.14. The van der Waals surface area contributed by atoms with Gasteiger partial charge in [0.25, 0.3) is 0 Å². The highest BCUT2D eigenvalue weighted by molar-refractivity contribution is 9.10. The number of halogens is 2. The molecule has 0 unspecified atom stereocenters. The van der Waals surface area contributed by atoms with Gasteiger partial charge in [-0.05, 0) is 40.5 Å². The van der Waals surface area contributed by atoms with Crippen LogP contribution in [0.4, 0.5) is 5.69 Å². The molecule has 0 fully saturated rings. The number of nitrogens with two attached hydrogens (primary N) is 1. The average molecular weight is 369 g/mol. The van der Waals surface area contributed by atoms with Crippen LogP contribution in [0.25, 0.3) is 5.69 Å². The Morgan fingerprint density at radius 1 is 1.52 bits per heavy atom. The van der Waals surface area contributed by atoms with Crippen molar-refractivity contribution >= 4 is 39.2 Å². The van der Waals surface area contributed by atoms with Crippen molar-refractivity contribution in [2.45, 2.75) is 6.92 Å². The Bertz CT molecular complexity index is 778. The van der Waals surface area contributed by atoms with E-state index in [4.69, 9.17) is 27.3 Å². The summed E-state index contributed by atoms with van der Waals surface area (Å²) in [6, 6.07) is 5.45. The second kappa shape index (κ2) is 5.80. The first-order valence-electron chi connectivity index (χ1n) is 5.86. The lowest BCUT2D eigenvalue weighted by atomic mass is 10.2. The van der Waals surface area contributed by atoms with Gasteiger partial charge in [0.1, 0.15) is 6.07 Å². The quantitative estimate of drug-likeness (QED) is 0.823. The van der Waals surface area contributed by atoms with Gasteiger partial charge in [-0.3, -0.25) is 0 Å². The molecule has 0 aliphatic carbocycles. The van der Waals surface area contributed by atoms with Crippen molar-refractivity contribution in [3.05, 3.63) is 44.6 Å². The first-order chi connectivity index (χ1) is 9.92. The molecule has 5 nitrogen and oxygen atoms in total. The highest BCUT2D eigenvalue weighted by Crippen LogP contribution is 2.34. The van der Waals surface area contributed by atoms with Crippen LogP contribution in [-0.2, 0) is 4.74 Å². The highest BCUT2D eigenvalue weighted by atomic mass is 79.9. The van der Waals surface area contributed by atoms with E-state index in [-0.39, 0.29) is 16.9 Å². The van der Waals surface area contributed by atoms with Crippen LogP contribution in [0.5, 0.6) is 0 Å². The van der Waals surface area contributed by atoms with Crippen LogP contribution in [0.2, 0.25) is 5.02 Å². The fourth-order valence-corrected chi connectivity index (χ4v) is 2.80. The molecular weight excluding hydrogens is 358 g/mol. The molecule has 2 aromatic rings. The largest absolute Gasteiger partial charge is 0.464 e. The molecule has 0 radical (unpaired) electrons. The summed E-state index contributed by atoms with van der Waals surface area (Å²) in [6.45, 7) is 1.81. The van der Waals surface area contributed by atoms with Crippen LogP contribution >= 0.6 is 27.5 Å². The topological polar surface area (TPSA) is 81.0 Å². The minimum absolute atomic E-state index is 0.0793. The Morgan fingerprint density at radius 3 is 2.76 bits per heavy atom. The van der Waals surface area contributed by atoms with Gasteiger partial charge in [0.05, 0.1) is 24.0 Å². The minimum Gasteiger partial charge on any atom is -0.464 e. The zero-order valence-corrected chi connectivity index (χ0v) is 13.6. The minimum atomic E-state index is -0.625. The number of carbonyl (C=O) groups is 1. The molecule has 108 valence electrons. The summed E-state index contributed by atoms with van der Waals surface area (Å²) in [4.78, 5) is 12.0. The predicted molar refractivity (Wildman–Crippen MR) is 83.7 cm³/mol. The molecule has 0 amide bonds. The van der Waals surface area contributed by atoms with E-state index in [0.29, 0.717) is 15.2 Å². The van der Waals surface area contributed by atoms with Crippen molar-refractivity contribution in [1.82, 2.24) is 4.57 Å². The Kier molecular flexibility index (Phi) is 4.26. The number of nitrogen functional groups attached to an aromatic ring is 1. The number of aromatic nitrogens is 1. The molecule has 1 aromatic carbocycles. The van der Waals surface area contributed by atoms with E-state index in [1.54, 1.807) is 12.1 Å². The number of nitrogens with zero attached hydrogens (tertiary/aromatic N) is 2. The van der Waals surface area contributed by atoms with Crippen LogP contribution in [0.15, 0.2) is 22.8 Å². The third-order valence-electron chi connectivity index (χ3n) is 3.10. The summed E-state index contributed by atoms with van der Waals surface area (Å²) in [5, 5.41) is 9.65. The fourth-order valence-electron chi connectivity index (χ4n) is 2.03. The average Bonchev–Trinajstić information content (AvgIpc) is 2.79. The van der Waals surface area contributed by atoms with Crippen LogP contribution in [0.1, 0.15) is 21.6 Å². The Balaban J connectivity index is 2.85. The molecule has 7 heteroatoms. The van der Waals surface area contributed by atoms with Crippen molar-refractivity contribution < 1.29 is 9.53 Å². The van der Waals surface area contributed by atoms with Crippen LogP contribution in [-0.4, -0.2) is 17.6 Å². The molecule has 2 rings (SSSR count). The Morgan fingerprint density at radius 2 is 2.19 bits per heavy atom. The van der Waals surface area contributed by atoms with E-state index >= 15 is 0 Å². The number of benzene rings is 1. The summed E-state index contributed by atoms with van der Waals surface area (Å²) in [6.07, 6.45) is 1.49. The Labute approximate surface area is 135 Å². The molecule has 0 atom stereocenters. The molecule has 21 heavy (non-hydrogen) atoms. The number of ether oxygens (including phenoxy) is 1. The van der Waals surface area contributed by atoms with Gasteiger partial charge in [0.15, 0.2) is 5.69 Å². The number of hydrogen-bond donors (Lipinski definition) is 1. The van der Waals surface area contributed by atoms with Crippen LogP contribution in [0.3, 0.4) is 0 Å². The van der Waals surface area contributed by atoms with Gasteiger partial charge in [0, 0.05) is 15.7 Å². The molecule has 0 aliphatic rings. The summed E-state index contributed by atoms with van der Waals surface area (Å²) < 4.78 is 6.99. The lowest BCUT2D eigenvalue weighted by Crippen LogP contribution is -2.12. The molecular formula is C14H11BrClN3O2. The van der Waals surface area contributed by atoms with Crippen molar-refractivity contribution in [3.8, 4) is 11.8 Å². The monoisotopic (exact) mass is 367 g/mol. The second-order valence-electron chi connectivity index (χ2n) is 4.28. The normalized spacial score (nSPS) is 10.2. The number of esters is 1. The van der Waals surface area contributed by atoms with E-state index in [2.05, 4.69) is 15.9 Å². The molecule has 0 saturated carbocycles. The first kappa shape index (κ1) is 15.4. The second-order valence-corrected chi connectivity index (χ2v) is 5.54.